The lowest BCUT2D eigenvalue weighted by Gasteiger charge is -2.41. The van der Waals surface area contributed by atoms with E-state index in [1.165, 1.54) is 0 Å². The fourth-order valence-electron chi connectivity index (χ4n) is 2.25. The Morgan fingerprint density at radius 2 is 2.00 bits per heavy atom. The molecule has 0 unspecified atom stereocenters. The number of ether oxygens (including phenoxy) is 2. The number of rotatable bonds is 5. The van der Waals surface area contributed by atoms with Gasteiger partial charge in [-0.3, -0.25) is 4.79 Å². The van der Waals surface area contributed by atoms with Crippen LogP contribution in [-0.2, 0) is 4.74 Å². The van der Waals surface area contributed by atoms with Crippen LogP contribution in [0.25, 0.3) is 0 Å². The normalized spacial score (nSPS) is 16.6. The summed E-state index contributed by atoms with van der Waals surface area (Å²) in [5.41, 5.74) is 0.810. The van der Waals surface area contributed by atoms with E-state index in [4.69, 9.17) is 9.47 Å². The van der Waals surface area contributed by atoms with Gasteiger partial charge in [-0.05, 0) is 31.2 Å². The van der Waals surface area contributed by atoms with Gasteiger partial charge in [0.2, 0.25) is 0 Å². The molecule has 4 nitrogen and oxygen atoms in total. The molecule has 1 saturated heterocycles. The Morgan fingerprint density at radius 3 is 2.42 bits per heavy atom. The van der Waals surface area contributed by atoms with Gasteiger partial charge < -0.3 is 14.4 Å². The minimum absolute atomic E-state index is 0.0679. The lowest BCUT2D eigenvalue weighted by atomic mass is 9.88. The molecule has 104 valence electrons. The molecule has 1 amide bonds. The number of amides is 1. The van der Waals surface area contributed by atoms with E-state index < -0.39 is 0 Å². The second-order valence-corrected chi connectivity index (χ2v) is 5.35. The fourth-order valence-corrected chi connectivity index (χ4v) is 2.25. The van der Waals surface area contributed by atoms with Crippen LogP contribution >= 0.6 is 0 Å². The van der Waals surface area contributed by atoms with Gasteiger partial charge in [0.1, 0.15) is 5.75 Å². The average Bonchev–Trinajstić information content (AvgIpc) is 2.42. The summed E-state index contributed by atoms with van der Waals surface area (Å²) in [6.07, 6.45) is 0. The van der Waals surface area contributed by atoms with Crippen LogP contribution in [0, 0.1) is 5.41 Å². The number of methoxy groups -OCH3 is 1. The Bertz CT molecular complexity index is 437. The smallest absolute Gasteiger partial charge is 0.253 e. The quantitative estimate of drug-likeness (QED) is 0.817. The molecule has 0 aliphatic carbocycles. The highest BCUT2D eigenvalue weighted by molar-refractivity contribution is 5.94. The molecule has 0 radical (unpaired) electrons. The first-order valence-corrected chi connectivity index (χ1v) is 6.59. The largest absolute Gasteiger partial charge is 0.497 e. The minimum atomic E-state index is 0.0679. The maximum atomic E-state index is 12.4. The van der Waals surface area contributed by atoms with Gasteiger partial charge >= 0.3 is 0 Å². The lowest BCUT2D eigenvalue weighted by Crippen LogP contribution is -2.50. The van der Waals surface area contributed by atoms with Crippen LogP contribution in [0.15, 0.2) is 24.3 Å². The van der Waals surface area contributed by atoms with Crippen molar-refractivity contribution in [1.29, 1.82) is 0 Å². The third-order valence-corrected chi connectivity index (χ3v) is 3.48. The molecule has 1 aromatic rings. The molecular weight excluding hydrogens is 242 g/mol. The maximum Gasteiger partial charge on any atom is 0.253 e. The number of hydrogen-bond acceptors (Lipinski definition) is 3. The maximum absolute atomic E-state index is 12.4. The number of nitrogens with zero attached hydrogens (tertiary/aromatic N) is 1. The van der Waals surface area contributed by atoms with Gasteiger partial charge in [-0.1, -0.05) is 6.92 Å². The topological polar surface area (TPSA) is 38.8 Å². The van der Waals surface area contributed by atoms with E-state index >= 15 is 0 Å². The Labute approximate surface area is 114 Å². The Kier molecular flexibility index (Phi) is 4.10. The number of carbonyl (C=O) groups is 1. The predicted molar refractivity (Wildman–Crippen MR) is 73.5 cm³/mol. The second kappa shape index (κ2) is 5.61. The summed E-state index contributed by atoms with van der Waals surface area (Å²) in [5, 5.41) is 0. The van der Waals surface area contributed by atoms with Crippen molar-refractivity contribution in [3.05, 3.63) is 29.8 Å². The van der Waals surface area contributed by atoms with Crippen molar-refractivity contribution in [2.45, 2.75) is 13.8 Å². The molecule has 2 rings (SSSR count). The molecule has 0 aromatic heterocycles. The monoisotopic (exact) mass is 263 g/mol. The molecule has 1 fully saturated rings. The van der Waals surface area contributed by atoms with Gasteiger partial charge in [0, 0.05) is 24.1 Å². The first-order valence-electron chi connectivity index (χ1n) is 6.59. The van der Waals surface area contributed by atoms with Gasteiger partial charge in [-0.25, -0.2) is 0 Å². The van der Waals surface area contributed by atoms with Crippen LogP contribution in [0.3, 0.4) is 0 Å². The molecule has 0 N–H and O–H groups in total. The van der Waals surface area contributed by atoms with E-state index in [1.54, 1.807) is 7.11 Å². The van der Waals surface area contributed by atoms with Crippen molar-refractivity contribution in [1.82, 2.24) is 4.90 Å². The Balaban J connectivity index is 2.06. The summed E-state index contributed by atoms with van der Waals surface area (Å²) in [6.45, 7) is 7.08. The van der Waals surface area contributed by atoms with Crippen LogP contribution in [0.5, 0.6) is 5.75 Å². The van der Waals surface area contributed by atoms with E-state index in [2.05, 4.69) is 6.92 Å². The third-order valence-electron chi connectivity index (χ3n) is 3.48. The van der Waals surface area contributed by atoms with Crippen LogP contribution in [-0.4, -0.2) is 44.2 Å². The first-order chi connectivity index (χ1) is 9.08. The third kappa shape index (κ3) is 3.07. The van der Waals surface area contributed by atoms with Crippen molar-refractivity contribution in [2.24, 2.45) is 5.41 Å². The summed E-state index contributed by atoms with van der Waals surface area (Å²) >= 11 is 0. The predicted octanol–water partition coefficient (Wildman–Crippen LogP) is 2.19. The van der Waals surface area contributed by atoms with Crippen molar-refractivity contribution < 1.29 is 14.3 Å². The zero-order valence-electron chi connectivity index (χ0n) is 11.8. The highest BCUT2D eigenvalue weighted by Crippen LogP contribution is 2.28. The van der Waals surface area contributed by atoms with E-state index in [-0.39, 0.29) is 11.3 Å². The highest BCUT2D eigenvalue weighted by Gasteiger charge is 2.36. The van der Waals surface area contributed by atoms with Crippen LogP contribution in [0.2, 0.25) is 0 Å². The number of hydrogen-bond donors (Lipinski definition) is 0. The molecule has 1 aliphatic heterocycles. The number of carbonyl (C=O) groups excluding carboxylic acids is 1. The zero-order chi connectivity index (χ0) is 13.9. The zero-order valence-corrected chi connectivity index (χ0v) is 11.8. The molecule has 4 heteroatoms. The van der Waals surface area contributed by atoms with E-state index in [0.29, 0.717) is 12.1 Å². The first kappa shape index (κ1) is 13.9. The van der Waals surface area contributed by atoms with Gasteiger partial charge in [0.15, 0.2) is 0 Å². The molecule has 1 aliphatic rings. The van der Waals surface area contributed by atoms with Gasteiger partial charge in [0.25, 0.3) is 5.91 Å². The second-order valence-electron chi connectivity index (χ2n) is 5.35. The van der Waals surface area contributed by atoms with Crippen LogP contribution in [0.1, 0.15) is 24.2 Å². The summed E-state index contributed by atoms with van der Waals surface area (Å²) in [4.78, 5) is 14.3. The number of benzene rings is 1. The molecular formula is C15H21NO3. The summed E-state index contributed by atoms with van der Waals surface area (Å²) in [6, 6.07) is 7.25. The molecule has 1 heterocycles. The van der Waals surface area contributed by atoms with Gasteiger partial charge in [-0.2, -0.15) is 0 Å². The van der Waals surface area contributed by atoms with E-state index in [1.807, 2.05) is 36.1 Å². The van der Waals surface area contributed by atoms with Crippen molar-refractivity contribution >= 4 is 5.91 Å². The van der Waals surface area contributed by atoms with Crippen LogP contribution in [0.4, 0.5) is 0 Å². The standard InChI is InChI=1S/C15H21NO3/c1-4-16(9-15(2)10-19-11-15)14(17)12-5-7-13(18-3)8-6-12/h5-8H,4,9-11H2,1-3H3. The summed E-state index contributed by atoms with van der Waals surface area (Å²) in [7, 11) is 1.62. The molecule has 0 saturated carbocycles. The SMILES string of the molecule is CCN(CC1(C)COC1)C(=O)c1ccc(OC)cc1. The molecule has 19 heavy (non-hydrogen) atoms. The van der Waals surface area contributed by atoms with Crippen molar-refractivity contribution in [2.75, 3.05) is 33.4 Å². The van der Waals surface area contributed by atoms with Gasteiger partial charge in [0.05, 0.1) is 20.3 Å². The summed E-state index contributed by atoms with van der Waals surface area (Å²) < 4.78 is 10.3. The van der Waals surface area contributed by atoms with E-state index in [0.717, 1.165) is 25.5 Å². The van der Waals surface area contributed by atoms with Gasteiger partial charge in [-0.15, -0.1) is 0 Å². The van der Waals surface area contributed by atoms with Crippen molar-refractivity contribution in [3.8, 4) is 5.75 Å². The molecule has 0 atom stereocenters. The summed E-state index contributed by atoms with van der Waals surface area (Å²) in [5.74, 6) is 0.831. The minimum Gasteiger partial charge on any atom is -0.497 e. The Morgan fingerprint density at radius 1 is 1.37 bits per heavy atom. The molecule has 0 bridgehead atoms. The lowest BCUT2D eigenvalue weighted by molar-refractivity contribution is -0.110. The fraction of sp³-hybridized carbons (Fsp3) is 0.533. The average molecular weight is 263 g/mol. The van der Waals surface area contributed by atoms with E-state index in [9.17, 15) is 4.79 Å². The molecule has 1 aromatic carbocycles. The molecule has 0 spiro atoms. The van der Waals surface area contributed by atoms with Crippen LogP contribution < -0.4 is 4.74 Å². The Hall–Kier alpha value is -1.55. The highest BCUT2D eigenvalue weighted by atomic mass is 16.5. The van der Waals surface area contributed by atoms with Crippen molar-refractivity contribution in [3.63, 3.8) is 0 Å².